The molecule has 1 rings (SSSR count). The summed E-state index contributed by atoms with van der Waals surface area (Å²) in [5, 5.41) is 3.38. The van der Waals surface area contributed by atoms with E-state index < -0.39 is 13.0 Å². The van der Waals surface area contributed by atoms with Crippen LogP contribution in [-0.2, 0) is 11.2 Å². The van der Waals surface area contributed by atoms with Crippen LogP contribution >= 0.6 is 0 Å². The molecule has 0 saturated carbocycles. The zero-order valence-corrected chi connectivity index (χ0v) is 11.8. The first-order valence-corrected chi connectivity index (χ1v) is 6.91. The van der Waals surface area contributed by atoms with E-state index in [2.05, 4.69) is 17.2 Å². The van der Waals surface area contributed by atoms with Gasteiger partial charge in [-0.25, -0.2) is 8.78 Å². The molecule has 0 radical (unpaired) electrons. The molecule has 0 saturated heterocycles. The Balaban J connectivity index is 2.45. The minimum atomic E-state index is -2.41. The van der Waals surface area contributed by atoms with Gasteiger partial charge in [0.05, 0.1) is 0 Å². The van der Waals surface area contributed by atoms with E-state index in [4.69, 9.17) is 10.5 Å². The van der Waals surface area contributed by atoms with Crippen molar-refractivity contribution in [3.63, 3.8) is 0 Å². The number of halogens is 2. The predicted molar refractivity (Wildman–Crippen MR) is 75.9 cm³/mol. The standard InChI is InChI=1S/C14H23F2N3O/c1-2-5-19-12(4-7-20-10-14(15)16)8-11-9-18-6-3-13(11)17/h3,6,9,12,14,19H,2,4-5,7-8,10H2,1H3,(H2,17,18). The third kappa shape index (κ3) is 6.77. The van der Waals surface area contributed by atoms with Crippen LogP contribution in [0.5, 0.6) is 0 Å². The predicted octanol–water partition coefficient (Wildman–Crippen LogP) is 2.25. The van der Waals surface area contributed by atoms with Gasteiger partial charge >= 0.3 is 0 Å². The summed E-state index contributed by atoms with van der Waals surface area (Å²) >= 11 is 0. The smallest absolute Gasteiger partial charge is 0.261 e. The number of nitrogens with one attached hydrogen (secondary N) is 1. The average Bonchev–Trinajstić information content (AvgIpc) is 2.42. The summed E-state index contributed by atoms with van der Waals surface area (Å²) in [6.45, 7) is 2.76. The molecule has 1 heterocycles. The topological polar surface area (TPSA) is 60.2 Å². The molecule has 3 N–H and O–H groups in total. The second-order valence-corrected chi connectivity index (χ2v) is 4.68. The molecule has 0 spiro atoms. The lowest BCUT2D eigenvalue weighted by atomic mass is 10.0. The Hall–Kier alpha value is -1.27. The summed E-state index contributed by atoms with van der Waals surface area (Å²) < 4.78 is 28.9. The number of anilines is 1. The Morgan fingerprint density at radius 3 is 2.90 bits per heavy atom. The van der Waals surface area contributed by atoms with Crippen LogP contribution in [-0.4, -0.2) is 37.2 Å². The lowest BCUT2D eigenvalue weighted by Crippen LogP contribution is -2.33. The van der Waals surface area contributed by atoms with Gasteiger partial charge < -0.3 is 15.8 Å². The minimum absolute atomic E-state index is 0.152. The third-order valence-corrected chi connectivity index (χ3v) is 2.95. The molecule has 1 unspecified atom stereocenters. The van der Waals surface area contributed by atoms with Crippen LogP contribution in [0.3, 0.4) is 0 Å². The Morgan fingerprint density at radius 1 is 1.45 bits per heavy atom. The molecule has 114 valence electrons. The molecule has 0 amide bonds. The van der Waals surface area contributed by atoms with E-state index in [-0.39, 0.29) is 6.04 Å². The molecule has 1 aromatic heterocycles. The third-order valence-electron chi connectivity index (χ3n) is 2.95. The lowest BCUT2D eigenvalue weighted by Gasteiger charge is -2.19. The number of aromatic nitrogens is 1. The van der Waals surface area contributed by atoms with Gasteiger partial charge in [0.2, 0.25) is 0 Å². The van der Waals surface area contributed by atoms with E-state index in [1.807, 2.05) is 0 Å². The number of nitrogens with zero attached hydrogens (tertiary/aromatic N) is 1. The van der Waals surface area contributed by atoms with Gasteiger partial charge in [0, 0.05) is 30.7 Å². The van der Waals surface area contributed by atoms with Crippen LogP contribution in [0.2, 0.25) is 0 Å². The first-order chi connectivity index (χ1) is 9.63. The lowest BCUT2D eigenvalue weighted by molar-refractivity contribution is 0.0144. The molecule has 1 aromatic rings. The van der Waals surface area contributed by atoms with Crippen LogP contribution < -0.4 is 11.1 Å². The maximum Gasteiger partial charge on any atom is 0.261 e. The largest absolute Gasteiger partial charge is 0.398 e. The minimum Gasteiger partial charge on any atom is -0.398 e. The molecule has 6 heteroatoms. The fraction of sp³-hybridized carbons (Fsp3) is 0.643. The number of pyridine rings is 1. The van der Waals surface area contributed by atoms with Crippen LogP contribution in [0.25, 0.3) is 0 Å². The van der Waals surface area contributed by atoms with Crippen LogP contribution in [0.1, 0.15) is 25.3 Å². The van der Waals surface area contributed by atoms with E-state index in [1.54, 1.807) is 18.5 Å². The summed E-state index contributed by atoms with van der Waals surface area (Å²) in [5.74, 6) is 0. The van der Waals surface area contributed by atoms with Crippen LogP contribution in [0.4, 0.5) is 14.5 Å². The molecule has 0 fully saturated rings. The van der Waals surface area contributed by atoms with Crippen molar-refractivity contribution >= 4 is 5.69 Å². The summed E-state index contributed by atoms with van der Waals surface area (Å²) in [7, 11) is 0. The molecular formula is C14H23F2N3O. The fourth-order valence-electron chi connectivity index (χ4n) is 1.90. The van der Waals surface area contributed by atoms with Crippen molar-refractivity contribution in [3.05, 3.63) is 24.0 Å². The number of nitrogens with two attached hydrogens (primary N) is 1. The van der Waals surface area contributed by atoms with Gasteiger partial charge in [0.1, 0.15) is 6.61 Å². The SMILES string of the molecule is CCCNC(CCOCC(F)F)Cc1cnccc1N. The van der Waals surface area contributed by atoms with E-state index in [0.717, 1.165) is 24.9 Å². The monoisotopic (exact) mass is 287 g/mol. The van der Waals surface area contributed by atoms with Crippen molar-refractivity contribution in [2.24, 2.45) is 0 Å². The molecule has 0 bridgehead atoms. The van der Waals surface area contributed by atoms with Crippen molar-refractivity contribution in [2.75, 3.05) is 25.5 Å². The van der Waals surface area contributed by atoms with Crippen LogP contribution in [0, 0.1) is 0 Å². The Labute approximate surface area is 118 Å². The average molecular weight is 287 g/mol. The molecule has 0 aliphatic carbocycles. The van der Waals surface area contributed by atoms with Gasteiger partial charge in [0.15, 0.2) is 0 Å². The van der Waals surface area contributed by atoms with Gasteiger partial charge in [0.25, 0.3) is 6.43 Å². The maximum absolute atomic E-state index is 12.0. The summed E-state index contributed by atoms with van der Waals surface area (Å²) in [5.41, 5.74) is 7.57. The number of hydrogen-bond acceptors (Lipinski definition) is 4. The quantitative estimate of drug-likeness (QED) is 0.648. The zero-order valence-electron chi connectivity index (χ0n) is 11.8. The van der Waals surface area contributed by atoms with Crippen molar-refractivity contribution in [3.8, 4) is 0 Å². The Bertz CT molecular complexity index is 377. The summed E-state index contributed by atoms with van der Waals surface area (Å²) in [6.07, 6.45) is 3.39. The van der Waals surface area contributed by atoms with Crippen molar-refractivity contribution in [2.45, 2.75) is 38.7 Å². The number of alkyl halides is 2. The second-order valence-electron chi connectivity index (χ2n) is 4.68. The Morgan fingerprint density at radius 2 is 2.25 bits per heavy atom. The van der Waals surface area contributed by atoms with E-state index in [9.17, 15) is 8.78 Å². The van der Waals surface area contributed by atoms with Gasteiger partial charge in [-0.3, -0.25) is 4.98 Å². The van der Waals surface area contributed by atoms with E-state index in [1.165, 1.54) is 0 Å². The highest BCUT2D eigenvalue weighted by atomic mass is 19.3. The fourth-order valence-corrected chi connectivity index (χ4v) is 1.90. The number of nitrogen functional groups attached to an aromatic ring is 1. The molecule has 4 nitrogen and oxygen atoms in total. The maximum atomic E-state index is 12.0. The highest BCUT2D eigenvalue weighted by molar-refractivity contribution is 5.44. The number of hydrogen-bond donors (Lipinski definition) is 2. The zero-order chi connectivity index (χ0) is 14.8. The van der Waals surface area contributed by atoms with E-state index >= 15 is 0 Å². The second kappa shape index (κ2) is 9.61. The van der Waals surface area contributed by atoms with Gasteiger partial charge in [-0.05, 0) is 37.4 Å². The highest BCUT2D eigenvalue weighted by Crippen LogP contribution is 2.13. The molecule has 1 atom stereocenters. The molecule has 0 aliphatic heterocycles. The van der Waals surface area contributed by atoms with Gasteiger partial charge in [-0.1, -0.05) is 6.92 Å². The van der Waals surface area contributed by atoms with Crippen LogP contribution in [0.15, 0.2) is 18.5 Å². The van der Waals surface area contributed by atoms with Crippen molar-refractivity contribution in [1.29, 1.82) is 0 Å². The molecule has 0 aromatic carbocycles. The summed E-state index contributed by atoms with van der Waals surface area (Å²) in [6, 6.07) is 1.92. The summed E-state index contributed by atoms with van der Waals surface area (Å²) in [4.78, 5) is 4.06. The molecule has 0 aliphatic rings. The van der Waals surface area contributed by atoms with Crippen molar-refractivity contribution in [1.82, 2.24) is 10.3 Å². The first kappa shape index (κ1) is 16.8. The van der Waals surface area contributed by atoms with Gasteiger partial charge in [-0.2, -0.15) is 0 Å². The molecule has 20 heavy (non-hydrogen) atoms. The van der Waals surface area contributed by atoms with Crippen molar-refractivity contribution < 1.29 is 13.5 Å². The number of ether oxygens (including phenoxy) is 1. The first-order valence-electron chi connectivity index (χ1n) is 6.91. The normalized spacial score (nSPS) is 12.8. The number of rotatable bonds is 10. The highest BCUT2D eigenvalue weighted by Gasteiger charge is 2.11. The van der Waals surface area contributed by atoms with Gasteiger partial charge in [-0.15, -0.1) is 0 Å². The van der Waals surface area contributed by atoms with E-state index in [0.29, 0.717) is 18.7 Å². The molecular weight excluding hydrogens is 264 g/mol. The Kier molecular flexibility index (Phi) is 8.06.